The van der Waals surface area contributed by atoms with Crippen molar-refractivity contribution < 1.29 is 9.90 Å². The highest BCUT2D eigenvalue weighted by atomic mass is 16.4. The Kier molecular flexibility index (Phi) is 4.61. The van der Waals surface area contributed by atoms with Crippen LogP contribution >= 0.6 is 0 Å². The van der Waals surface area contributed by atoms with Crippen molar-refractivity contribution in [1.29, 1.82) is 0 Å². The van der Waals surface area contributed by atoms with Gasteiger partial charge in [0.05, 0.1) is 6.42 Å². The lowest BCUT2D eigenvalue weighted by Gasteiger charge is -2.04. The summed E-state index contributed by atoms with van der Waals surface area (Å²) in [5.74, 6) is -0.770. The number of rotatable bonds is 7. The minimum atomic E-state index is -0.770. The Bertz CT molecular complexity index is 557. The first-order chi connectivity index (χ1) is 9.22. The molecule has 3 heteroatoms. The number of hydrogen-bond acceptors (Lipinski definition) is 1. The normalized spacial score (nSPS) is 11.0. The first-order valence-electron chi connectivity index (χ1n) is 7.01. The number of hydrogen-bond donors (Lipinski definition) is 1. The van der Waals surface area contributed by atoms with Gasteiger partial charge in [-0.2, -0.15) is 0 Å². The Balaban J connectivity index is 2.20. The zero-order valence-electron chi connectivity index (χ0n) is 11.4. The molecule has 1 N–H and O–H groups in total. The lowest BCUT2D eigenvalue weighted by molar-refractivity contribution is -0.136. The molecule has 0 aliphatic rings. The molecule has 1 aromatic carbocycles. The molecule has 0 aliphatic carbocycles. The predicted octanol–water partition coefficient (Wildman–Crippen LogP) is 3.85. The van der Waals surface area contributed by atoms with Crippen LogP contribution in [0.5, 0.6) is 0 Å². The number of carbonyl (C=O) groups is 1. The van der Waals surface area contributed by atoms with Crippen molar-refractivity contribution in [2.75, 3.05) is 0 Å². The number of carboxylic acid groups (broad SMARTS) is 1. The van der Waals surface area contributed by atoms with E-state index in [4.69, 9.17) is 5.11 Å². The van der Waals surface area contributed by atoms with E-state index in [-0.39, 0.29) is 6.42 Å². The van der Waals surface area contributed by atoms with E-state index in [1.165, 1.54) is 19.3 Å². The number of aromatic nitrogens is 1. The molecule has 1 aromatic heterocycles. The van der Waals surface area contributed by atoms with Crippen molar-refractivity contribution in [3.8, 4) is 0 Å². The van der Waals surface area contributed by atoms with Crippen LogP contribution in [0, 0.1) is 0 Å². The van der Waals surface area contributed by atoms with Gasteiger partial charge in [0.1, 0.15) is 0 Å². The lowest BCUT2D eigenvalue weighted by Crippen LogP contribution is -1.99. The van der Waals surface area contributed by atoms with Gasteiger partial charge in [0, 0.05) is 23.6 Å². The van der Waals surface area contributed by atoms with Crippen LogP contribution < -0.4 is 0 Å². The van der Waals surface area contributed by atoms with Crippen LogP contribution in [0.2, 0.25) is 0 Å². The third kappa shape index (κ3) is 3.37. The van der Waals surface area contributed by atoms with Gasteiger partial charge in [0.2, 0.25) is 0 Å². The lowest BCUT2D eigenvalue weighted by atomic mass is 10.1. The summed E-state index contributed by atoms with van der Waals surface area (Å²) in [6.45, 7) is 3.18. The number of fused-ring (bicyclic) bond motifs is 1. The molecule has 0 bridgehead atoms. The van der Waals surface area contributed by atoms with E-state index in [9.17, 15) is 4.79 Å². The highest BCUT2D eigenvalue weighted by molar-refractivity contribution is 5.87. The molecule has 0 atom stereocenters. The van der Waals surface area contributed by atoms with Crippen LogP contribution in [-0.2, 0) is 17.8 Å². The summed E-state index contributed by atoms with van der Waals surface area (Å²) >= 11 is 0. The minimum absolute atomic E-state index is 0.0997. The fraction of sp³-hybridized carbons (Fsp3) is 0.438. The Labute approximate surface area is 113 Å². The molecule has 0 spiro atoms. The Hall–Kier alpha value is -1.77. The molecule has 2 aromatic rings. The summed E-state index contributed by atoms with van der Waals surface area (Å²) in [5, 5.41) is 10.0. The van der Waals surface area contributed by atoms with Gasteiger partial charge in [-0.25, -0.2) is 0 Å². The third-order valence-corrected chi connectivity index (χ3v) is 3.47. The van der Waals surface area contributed by atoms with Gasteiger partial charge < -0.3 is 9.67 Å². The summed E-state index contributed by atoms with van der Waals surface area (Å²) < 4.78 is 2.20. The van der Waals surface area contributed by atoms with E-state index in [0.717, 1.165) is 29.4 Å². The van der Waals surface area contributed by atoms with Crippen molar-refractivity contribution in [1.82, 2.24) is 4.57 Å². The molecule has 0 saturated carbocycles. The molecule has 0 fully saturated rings. The van der Waals surface area contributed by atoms with E-state index < -0.39 is 5.97 Å². The third-order valence-electron chi connectivity index (χ3n) is 3.47. The minimum Gasteiger partial charge on any atom is -0.481 e. The molecule has 3 nitrogen and oxygen atoms in total. The van der Waals surface area contributed by atoms with Gasteiger partial charge in [-0.3, -0.25) is 4.79 Å². The highest BCUT2D eigenvalue weighted by Gasteiger charge is 2.10. The molecular formula is C16H21NO2. The van der Waals surface area contributed by atoms with E-state index in [1.807, 2.05) is 24.4 Å². The van der Waals surface area contributed by atoms with E-state index in [0.29, 0.717) is 0 Å². The van der Waals surface area contributed by atoms with Gasteiger partial charge in [-0.15, -0.1) is 0 Å². The molecule has 19 heavy (non-hydrogen) atoms. The van der Waals surface area contributed by atoms with Gasteiger partial charge in [0.15, 0.2) is 0 Å². The number of unbranched alkanes of at least 4 members (excludes halogenated alkanes) is 3. The number of aliphatic carboxylic acids is 1. The average molecular weight is 259 g/mol. The van der Waals surface area contributed by atoms with Crippen molar-refractivity contribution in [2.45, 2.75) is 45.6 Å². The van der Waals surface area contributed by atoms with E-state index >= 15 is 0 Å². The summed E-state index contributed by atoms with van der Waals surface area (Å²) in [6, 6.07) is 8.06. The summed E-state index contributed by atoms with van der Waals surface area (Å²) in [7, 11) is 0. The number of carboxylic acids is 1. The van der Waals surface area contributed by atoms with Gasteiger partial charge in [0.25, 0.3) is 0 Å². The molecule has 0 aliphatic heterocycles. The van der Waals surface area contributed by atoms with Crippen LogP contribution in [0.3, 0.4) is 0 Å². The van der Waals surface area contributed by atoms with Crippen LogP contribution in [0.15, 0.2) is 30.5 Å². The van der Waals surface area contributed by atoms with Crippen LogP contribution in [-0.4, -0.2) is 15.6 Å². The van der Waals surface area contributed by atoms with Crippen molar-refractivity contribution in [2.24, 2.45) is 0 Å². The largest absolute Gasteiger partial charge is 0.481 e. The summed E-state index contributed by atoms with van der Waals surface area (Å²) in [5.41, 5.74) is 2.06. The molecule has 0 unspecified atom stereocenters. The Morgan fingerprint density at radius 3 is 2.74 bits per heavy atom. The predicted molar refractivity (Wildman–Crippen MR) is 77.4 cm³/mol. The maximum Gasteiger partial charge on any atom is 0.307 e. The average Bonchev–Trinajstić information content (AvgIpc) is 2.73. The Morgan fingerprint density at radius 2 is 2.00 bits per heavy atom. The second-order valence-electron chi connectivity index (χ2n) is 5.00. The zero-order chi connectivity index (χ0) is 13.7. The second kappa shape index (κ2) is 6.41. The maximum atomic E-state index is 10.9. The van der Waals surface area contributed by atoms with Crippen LogP contribution in [0.1, 0.15) is 38.2 Å². The fourth-order valence-corrected chi connectivity index (χ4v) is 2.52. The molecular weight excluding hydrogens is 238 g/mol. The second-order valence-corrected chi connectivity index (χ2v) is 5.00. The molecule has 0 radical (unpaired) electrons. The monoisotopic (exact) mass is 259 g/mol. The first-order valence-corrected chi connectivity index (χ1v) is 7.01. The van der Waals surface area contributed by atoms with Crippen molar-refractivity contribution in [3.63, 3.8) is 0 Å². The first kappa shape index (κ1) is 13.7. The SMILES string of the molecule is CCCCCCn1cc(CC(=O)O)c2ccccc21. The summed E-state index contributed by atoms with van der Waals surface area (Å²) in [6.07, 6.45) is 6.99. The quantitative estimate of drug-likeness (QED) is 0.767. The Morgan fingerprint density at radius 1 is 1.21 bits per heavy atom. The zero-order valence-corrected chi connectivity index (χ0v) is 11.4. The number of para-hydroxylation sites is 1. The molecule has 2 rings (SSSR count). The highest BCUT2D eigenvalue weighted by Crippen LogP contribution is 2.22. The molecule has 102 valence electrons. The standard InChI is InChI=1S/C16H21NO2/c1-2-3-4-7-10-17-12-13(11-16(18)19)14-8-5-6-9-15(14)17/h5-6,8-9,12H,2-4,7,10-11H2,1H3,(H,18,19). The molecule has 1 heterocycles. The number of nitrogens with zero attached hydrogens (tertiary/aromatic N) is 1. The van der Waals surface area contributed by atoms with E-state index in [2.05, 4.69) is 17.6 Å². The smallest absolute Gasteiger partial charge is 0.307 e. The number of benzene rings is 1. The van der Waals surface area contributed by atoms with Gasteiger partial charge in [-0.1, -0.05) is 44.4 Å². The van der Waals surface area contributed by atoms with Crippen LogP contribution in [0.25, 0.3) is 10.9 Å². The van der Waals surface area contributed by atoms with Crippen molar-refractivity contribution >= 4 is 16.9 Å². The summed E-state index contributed by atoms with van der Waals surface area (Å²) in [4.78, 5) is 10.9. The topological polar surface area (TPSA) is 42.2 Å². The van der Waals surface area contributed by atoms with Gasteiger partial charge >= 0.3 is 5.97 Å². The van der Waals surface area contributed by atoms with Crippen molar-refractivity contribution in [3.05, 3.63) is 36.0 Å². The molecule has 0 amide bonds. The molecule has 0 saturated heterocycles. The van der Waals surface area contributed by atoms with Gasteiger partial charge in [-0.05, 0) is 18.1 Å². The fourth-order valence-electron chi connectivity index (χ4n) is 2.52. The van der Waals surface area contributed by atoms with E-state index in [1.54, 1.807) is 0 Å². The maximum absolute atomic E-state index is 10.9. The number of aryl methyl sites for hydroxylation is 1. The van der Waals surface area contributed by atoms with Crippen LogP contribution in [0.4, 0.5) is 0 Å².